The number of hydrogen-bond acceptors (Lipinski definition) is 5. The number of rotatable bonds is 8. The molecule has 1 atom stereocenters. The minimum atomic E-state index is 0.215. The summed E-state index contributed by atoms with van der Waals surface area (Å²) in [4.78, 5) is 4.97. The summed E-state index contributed by atoms with van der Waals surface area (Å²) in [6, 6.07) is 19.0. The fourth-order valence-corrected chi connectivity index (χ4v) is 4.23. The molecule has 30 heavy (non-hydrogen) atoms. The van der Waals surface area contributed by atoms with E-state index in [0.717, 1.165) is 56.2 Å². The first kappa shape index (κ1) is 20.6. The molecule has 1 saturated heterocycles. The Morgan fingerprint density at radius 1 is 1.07 bits per heavy atom. The van der Waals surface area contributed by atoms with E-state index in [9.17, 15) is 5.11 Å². The quantitative estimate of drug-likeness (QED) is 0.602. The summed E-state index contributed by atoms with van der Waals surface area (Å²) in [7, 11) is 1.68. The number of nitrogens with one attached hydrogen (secondary N) is 1. The molecule has 2 N–H and O–H groups in total. The number of H-pyrrole nitrogens is 1. The van der Waals surface area contributed by atoms with Gasteiger partial charge in [0.15, 0.2) is 0 Å². The van der Waals surface area contributed by atoms with Crippen molar-refractivity contribution in [2.24, 2.45) is 0 Å². The number of piperazine rings is 1. The van der Waals surface area contributed by atoms with Crippen molar-refractivity contribution in [3.63, 3.8) is 0 Å². The van der Waals surface area contributed by atoms with Gasteiger partial charge in [-0.1, -0.05) is 30.3 Å². The van der Waals surface area contributed by atoms with E-state index < -0.39 is 0 Å². The van der Waals surface area contributed by atoms with Crippen molar-refractivity contribution in [2.45, 2.75) is 25.6 Å². The minimum Gasteiger partial charge on any atom is -0.497 e. The number of ether oxygens (including phenoxy) is 1. The van der Waals surface area contributed by atoms with Crippen molar-refractivity contribution >= 4 is 0 Å². The summed E-state index contributed by atoms with van der Waals surface area (Å²) < 4.78 is 5.27. The molecule has 6 heteroatoms. The molecule has 1 aromatic heterocycles. The van der Waals surface area contributed by atoms with Crippen LogP contribution in [0.15, 0.2) is 60.8 Å². The van der Waals surface area contributed by atoms with Gasteiger partial charge in [-0.15, -0.1) is 0 Å². The molecule has 0 spiro atoms. The second kappa shape index (κ2) is 9.89. The molecule has 4 rings (SSSR count). The first-order chi connectivity index (χ1) is 14.8. The first-order valence-corrected chi connectivity index (χ1v) is 10.5. The van der Waals surface area contributed by atoms with Gasteiger partial charge >= 0.3 is 0 Å². The van der Waals surface area contributed by atoms with Gasteiger partial charge in [0, 0.05) is 56.5 Å². The SMILES string of the molecule is COc1ccc(-c2[nH]ncc2CN2CCN(Cc3ccccc3)[C@@H](CCO)C2)cc1. The van der Waals surface area contributed by atoms with E-state index in [1.54, 1.807) is 7.11 Å². The molecule has 1 aliphatic heterocycles. The lowest BCUT2D eigenvalue weighted by Gasteiger charge is -2.41. The van der Waals surface area contributed by atoms with Crippen LogP contribution in [0.5, 0.6) is 5.75 Å². The maximum atomic E-state index is 9.61. The number of aromatic amines is 1. The number of benzene rings is 2. The van der Waals surface area contributed by atoms with Crippen LogP contribution in [0.25, 0.3) is 11.3 Å². The molecule has 2 aromatic carbocycles. The van der Waals surface area contributed by atoms with Crippen molar-refractivity contribution in [3.8, 4) is 17.0 Å². The zero-order valence-electron chi connectivity index (χ0n) is 17.5. The summed E-state index contributed by atoms with van der Waals surface area (Å²) in [5.41, 5.74) is 4.69. The second-order valence-corrected chi connectivity index (χ2v) is 7.86. The van der Waals surface area contributed by atoms with E-state index in [2.05, 4.69) is 62.5 Å². The summed E-state index contributed by atoms with van der Waals surface area (Å²) in [6.45, 7) is 4.94. The van der Waals surface area contributed by atoms with E-state index in [0.29, 0.717) is 6.04 Å². The highest BCUT2D eigenvalue weighted by Gasteiger charge is 2.27. The van der Waals surface area contributed by atoms with Crippen LogP contribution >= 0.6 is 0 Å². The molecule has 0 radical (unpaired) electrons. The number of aliphatic hydroxyl groups excluding tert-OH is 1. The Morgan fingerprint density at radius 3 is 2.60 bits per heavy atom. The van der Waals surface area contributed by atoms with Crippen LogP contribution < -0.4 is 4.74 Å². The Hall–Kier alpha value is -2.67. The standard InChI is InChI=1S/C24H30N4O2/c1-30-23-9-7-20(8-10-23)24-21(15-25-26-24)17-27-12-13-28(22(18-27)11-14-29)16-19-5-3-2-4-6-19/h2-10,15,22,29H,11-14,16-18H2,1H3,(H,25,26)/t22-/m0/s1. The van der Waals surface area contributed by atoms with E-state index in [4.69, 9.17) is 4.74 Å². The van der Waals surface area contributed by atoms with Crippen LogP contribution in [0.4, 0.5) is 0 Å². The molecule has 0 aliphatic carbocycles. The number of hydrogen-bond donors (Lipinski definition) is 2. The summed E-state index contributed by atoms with van der Waals surface area (Å²) >= 11 is 0. The van der Waals surface area contributed by atoms with Crippen LogP contribution in [-0.2, 0) is 13.1 Å². The van der Waals surface area contributed by atoms with Gasteiger partial charge in [0.2, 0.25) is 0 Å². The Balaban J connectivity index is 1.43. The lowest BCUT2D eigenvalue weighted by Crippen LogP contribution is -2.52. The average molecular weight is 407 g/mol. The highest BCUT2D eigenvalue weighted by Crippen LogP contribution is 2.26. The second-order valence-electron chi connectivity index (χ2n) is 7.86. The Kier molecular flexibility index (Phi) is 6.79. The predicted molar refractivity (Wildman–Crippen MR) is 118 cm³/mol. The van der Waals surface area contributed by atoms with E-state index in [1.165, 1.54) is 11.1 Å². The fraction of sp³-hybridized carbons (Fsp3) is 0.375. The highest BCUT2D eigenvalue weighted by atomic mass is 16.5. The van der Waals surface area contributed by atoms with Crippen molar-refractivity contribution in [1.29, 1.82) is 0 Å². The summed E-state index contributed by atoms with van der Waals surface area (Å²) in [5.74, 6) is 0.848. The number of nitrogens with zero attached hydrogens (tertiary/aromatic N) is 3. The smallest absolute Gasteiger partial charge is 0.118 e. The molecule has 3 aromatic rings. The number of aliphatic hydroxyl groups is 1. The van der Waals surface area contributed by atoms with Crippen LogP contribution in [0.3, 0.4) is 0 Å². The lowest BCUT2D eigenvalue weighted by atomic mass is 10.0. The van der Waals surface area contributed by atoms with Crippen molar-refractivity contribution in [1.82, 2.24) is 20.0 Å². The van der Waals surface area contributed by atoms with Gasteiger partial charge in [-0.3, -0.25) is 14.9 Å². The van der Waals surface area contributed by atoms with E-state index >= 15 is 0 Å². The minimum absolute atomic E-state index is 0.215. The third-order valence-electron chi connectivity index (χ3n) is 5.87. The lowest BCUT2D eigenvalue weighted by molar-refractivity contribution is 0.0500. The first-order valence-electron chi connectivity index (χ1n) is 10.5. The van der Waals surface area contributed by atoms with Gasteiger partial charge in [-0.25, -0.2) is 0 Å². The van der Waals surface area contributed by atoms with Crippen LogP contribution in [0, 0.1) is 0 Å². The van der Waals surface area contributed by atoms with Gasteiger partial charge in [0.1, 0.15) is 5.75 Å². The molecule has 0 bridgehead atoms. The molecular formula is C24H30N4O2. The number of aromatic nitrogens is 2. The molecular weight excluding hydrogens is 376 g/mol. The zero-order valence-corrected chi connectivity index (χ0v) is 17.5. The molecule has 0 amide bonds. The molecule has 0 unspecified atom stereocenters. The van der Waals surface area contributed by atoms with Crippen molar-refractivity contribution < 1.29 is 9.84 Å². The fourth-order valence-electron chi connectivity index (χ4n) is 4.23. The van der Waals surface area contributed by atoms with E-state index in [-0.39, 0.29) is 6.61 Å². The molecule has 6 nitrogen and oxygen atoms in total. The van der Waals surface area contributed by atoms with Gasteiger partial charge < -0.3 is 9.84 Å². The topological polar surface area (TPSA) is 64.6 Å². The summed E-state index contributed by atoms with van der Waals surface area (Å²) in [5, 5.41) is 17.1. The third kappa shape index (κ3) is 4.90. The molecule has 1 aliphatic rings. The van der Waals surface area contributed by atoms with Gasteiger partial charge in [-0.2, -0.15) is 5.10 Å². The largest absolute Gasteiger partial charge is 0.497 e. The summed E-state index contributed by atoms with van der Waals surface area (Å²) in [6.07, 6.45) is 2.72. The molecule has 1 fully saturated rings. The van der Waals surface area contributed by atoms with Gasteiger partial charge in [-0.05, 0) is 36.2 Å². The van der Waals surface area contributed by atoms with Gasteiger partial charge in [0.05, 0.1) is 19.0 Å². The Morgan fingerprint density at radius 2 is 1.87 bits per heavy atom. The molecule has 0 saturated carbocycles. The highest BCUT2D eigenvalue weighted by molar-refractivity contribution is 5.63. The van der Waals surface area contributed by atoms with Crippen LogP contribution in [-0.4, -0.2) is 64.5 Å². The maximum absolute atomic E-state index is 9.61. The molecule has 2 heterocycles. The van der Waals surface area contributed by atoms with Crippen LogP contribution in [0.1, 0.15) is 17.5 Å². The van der Waals surface area contributed by atoms with Gasteiger partial charge in [0.25, 0.3) is 0 Å². The monoisotopic (exact) mass is 406 g/mol. The average Bonchev–Trinajstić information content (AvgIpc) is 3.24. The van der Waals surface area contributed by atoms with Crippen LogP contribution in [0.2, 0.25) is 0 Å². The normalized spacial score (nSPS) is 17.9. The van der Waals surface area contributed by atoms with Crippen molar-refractivity contribution in [3.05, 3.63) is 71.9 Å². The third-order valence-corrected chi connectivity index (χ3v) is 5.87. The maximum Gasteiger partial charge on any atom is 0.118 e. The Bertz CT molecular complexity index is 910. The predicted octanol–water partition coefficient (Wildman–Crippen LogP) is 3.15. The van der Waals surface area contributed by atoms with Crippen molar-refractivity contribution in [2.75, 3.05) is 33.4 Å². The zero-order chi connectivity index (χ0) is 20.8. The number of methoxy groups -OCH3 is 1. The van der Waals surface area contributed by atoms with E-state index in [1.807, 2.05) is 18.3 Å². The molecule has 158 valence electrons. The Labute approximate surface area is 178 Å².